The summed E-state index contributed by atoms with van der Waals surface area (Å²) in [5.41, 5.74) is -1.22. The van der Waals surface area contributed by atoms with Crippen molar-refractivity contribution < 1.29 is 28.7 Å². The van der Waals surface area contributed by atoms with Crippen LogP contribution >= 0.6 is 0 Å². The standard InChI is InChI=1S/C36H40O6/c1-5-7-9-11-13-23-29(37)41-35(3)27-21-17-15-19-25(27)33(39)31(35)32-34(40)26-20-16-18-22-28(26)36(32,4)42-30(38)24-14-12-10-8-6-2/h5-6,15-22H,1-2,7-14,23-24H2,3-4H3/b32-31+/t35-,36+. The minimum Gasteiger partial charge on any atom is -0.449 e. The van der Waals surface area contributed by atoms with Crippen LogP contribution in [-0.2, 0) is 30.3 Å². The Morgan fingerprint density at radius 2 is 1.02 bits per heavy atom. The van der Waals surface area contributed by atoms with Gasteiger partial charge < -0.3 is 9.47 Å². The number of ketones is 2. The lowest BCUT2D eigenvalue weighted by Crippen LogP contribution is -2.37. The number of carbonyl (C=O) groups is 4. The van der Waals surface area contributed by atoms with E-state index in [4.69, 9.17) is 9.47 Å². The second-order valence-electron chi connectivity index (χ2n) is 11.3. The number of hydrogen-bond acceptors (Lipinski definition) is 6. The Morgan fingerprint density at radius 3 is 1.40 bits per heavy atom. The van der Waals surface area contributed by atoms with Gasteiger partial charge in [0.2, 0.25) is 0 Å². The topological polar surface area (TPSA) is 86.7 Å². The molecule has 220 valence electrons. The summed E-state index contributed by atoms with van der Waals surface area (Å²) in [4.78, 5) is 54.6. The largest absolute Gasteiger partial charge is 0.449 e. The third-order valence-corrected chi connectivity index (χ3v) is 8.24. The van der Waals surface area contributed by atoms with Crippen molar-refractivity contribution >= 4 is 23.5 Å². The van der Waals surface area contributed by atoms with E-state index in [1.807, 2.05) is 12.2 Å². The van der Waals surface area contributed by atoms with Gasteiger partial charge >= 0.3 is 11.9 Å². The first-order valence-corrected chi connectivity index (χ1v) is 14.9. The number of allylic oxidation sites excluding steroid dienone is 2. The number of hydrogen-bond donors (Lipinski definition) is 0. The zero-order chi connectivity index (χ0) is 30.3. The molecular formula is C36H40O6. The van der Waals surface area contributed by atoms with E-state index in [0.717, 1.165) is 38.5 Å². The Bertz CT molecular complexity index is 1320. The van der Waals surface area contributed by atoms with Gasteiger partial charge in [0.1, 0.15) is 0 Å². The number of rotatable bonds is 14. The number of carbonyl (C=O) groups excluding carboxylic acids is 4. The van der Waals surface area contributed by atoms with E-state index in [2.05, 4.69) is 13.2 Å². The van der Waals surface area contributed by atoms with Crippen LogP contribution in [0, 0.1) is 0 Å². The lowest BCUT2D eigenvalue weighted by molar-refractivity contribution is -0.158. The molecule has 4 rings (SSSR count). The number of esters is 2. The molecule has 0 radical (unpaired) electrons. The van der Waals surface area contributed by atoms with Crippen molar-refractivity contribution in [1.82, 2.24) is 0 Å². The normalized spacial score (nSPS) is 22.4. The monoisotopic (exact) mass is 568 g/mol. The molecule has 0 bridgehead atoms. The predicted octanol–water partition coefficient (Wildman–Crippen LogP) is 7.87. The quantitative estimate of drug-likeness (QED) is 0.0998. The second kappa shape index (κ2) is 13.3. The molecule has 6 nitrogen and oxygen atoms in total. The summed E-state index contributed by atoms with van der Waals surface area (Å²) in [6, 6.07) is 13.9. The first-order valence-electron chi connectivity index (χ1n) is 14.9. The smallest absolute Gasteiger partial charge is 0.307 e. The van der Waals surface area contributed by atoms with Gasteiger partial charge in [-0.25, -0.2) is 0 Å². The average molecular weight is 569 g/mol. The van der Waals surface area contributed by atoms with Gasteiger partial charge in [-0.15, -0.1) is 13.2 Å². The molecule has 0 fully saturated rings. The molecule has 0 saturated carbocycles. The summed E-state index contributed by atoms with van der Waals surface area (Å²) in [5.74, 6) is -1.73. The van der Waals surface area contributed by atoms with Gasteiger partial charge in [-0.05, 0) is 52.4 Å². The summed E-state index contributed by atoms with van der Waals surface area (Å²) in [6.07, 6.45) is 10.6. The van der Waals surface area contributed by atoms with Crippen LogP contribution in [0.15, 0.2) is 85.0 Å². The molecule has 0 saturated heterocycles. The Kier molecular flexibility index (Phi) is 9.77. The average Bonchev–Trinajstić information content (AvgIpc) is 3.31. The maximum Gasteiger partial charge on any atom is 0.307 e. The van der Waals surface area contributed by atoms with E-state index in [1.165, 1.54) is 0 Å². The predicted molar refractivity (Wildman–Crippen MR) is 162 cm³/mol. The number of Topliss-reactive ketones (excluding diaryl/α,β-unsaturated/α-hetero) is 2. The Labute approximate surface area is 248 Å². The Balaban J connectivity index is 1.75. The van der Waals surface area contributed by atoms with E-state index in [0.29, 0.717) is 35.1 Å². The summed E-state index contributed by atoms with van der Waals surface area (Å²) < 4.78 is 12.3. The van der Waals surface area contributed by atoms with Crippen LogP contribution in [0.5, 0.6) is 0 Å². The van der Waals surface area contributed by atoms with Crippen LogP contribution < -0.4 is 0 Å². The lowest BCUT2D eigenvalue weighted by atomic mass is 9.83. The molecule has 0 spiro atoms. The van der Waals surface area contributed by atoms with Crippen molar-refractivity contribution in [2.24, 2.45) is 0 Å². The molecular weight excluding hydrogens is 528 g/mol. The molecule has 42 heavy (non-hydrogen) atoms. The maximum absolute atomic E-state index is 14.1. The Hall–Kier alpha value is -4.06. The third-order valence-electron chi connectivity index (χ3n) is 8.24. The molecule has 6 heteroatoms. The van der Waals surface area contributed by atoms with Crippen LogP contribution in [0.4, 0.5) is 0 Å². The van der Waals surface area contributed by atoms with Crippen molar-refractivity contribution in [3.05, 3.63) is 107 Å². The summed E-state index contributed by atoms with van der Waals surface area (Å²) in [7, 11) is 0. The minimum absolute atomic E-state index is 0.0474. The first-order chi connectivity index (χ1) is 20.2. The summed E-state index contributed by atoms with van der Waals surface area (Å²) in [5, 5.41) is 0. The number of fused-ring (bicyclic) bond motifs is 2. The fourth-order valence-corrected chi connectivity index (χ4v) is 6.11. The van der Waals surface area contributed by atoms with E-state index in [9.17, 15) is 19.2 Å². The molecule has 0 aromatic heterocycles. The number of benzene rings is 2. The SMILES string of the molecule is C=CCCCCCC(=O)O[C@@]1(C)/C(=C2\C(=O)c3ccccc3[C@]2(C)OC(=O)CCCCCC=C)C(=O)c2ccccc21. The highest BCUT2D eigenvalue weighted by Crippen LogP contribution is 2.53. The number of ether oxygens (including phenoxy) is 2. The highest BCUT2D eigenvalue weighted by Gasteiger charge is 2.57. The van der Waals surface area contributed by atoms with Gasteiger partial charge in [-0.3, -0.25) is 19.2 Å². The van der Waals surface area contributed by atoms with Crippen molar-refractivity contribution in [2.75, 3.05) is 0 Å². The second-order valence-corrected chi connectivity index (χ2v) is 11.3. The van der Waals surface area contributed by atoms with Gasteiger partial charge in [0.25, 0.3) is 0 Å². The van der Waals surface area contributed by atoms with Gasteiger partial charge in [-0.1, -0.05) is 73.5 Å². The number of unbranched alkanes of at least 4 members (excludes halogenated alkanes) is 6. The van der Waals surface area contributed by atoms with Crippen molar-refractivity contribution in [3.63, 3.8) is 0 Å². The van der Waals surface area contributed by atoms with Crippen LogP contribution in [0.2, 0.25) is 0 Å². The van der Waals surface area contributed by atoms with Gasteiger partial charge in [-0.2, -0.15) is 0 Å². The third kappa shape index (κ3) is 5.94. The first kappa shape index (κ1) is 30.9. The molecule has 0 heterocycles. The van der Waals surface area contributed by atoms with E-state index >= 15 is 0 Å². The van der Waals surface area contributed by atoms with E-state index in [-0.39, 0.29) is 24.0 Å². The van der Waals surface area contributed by atoms with Crippen molar-refractivity contribution in [2.45, 2.75) is 89.3 Å². The van der Waals surface area contributed by atoms with Crippen LogP contribution in [0.3, 0.4) is 0 Å². The maximum atomic E-state index is 14.1. The van der Waals surface area contributed by atoms with Crippen LogP contribution in [0.25, 0.3) is 0 Å². The van der Waals surface area contributed by atoms with Crippen LogP contribution in [-0.4, -0.2) is 23.5 Å². The van der Waals surface area contributed by atoms with Crippen molar-refractivity contribution in [3.8, 4) is 0 Å². The highest BCUT2D eigenvalue weighted by atomic mass is 16.6. The van der Waals surface area contributed by atoms with Gasteiger partial charge in [0, 0.05) is 35.1 Å². The molecule has 0 aliphatic heterocycles. The molecule has 2 aliphatic rings. The van der Waals surface area contributed by atoms with Crippen LogP contribution in [0.1, 0.15) is 110 Å². The molecule has 0 unspecified atom stereocenters. The molecule has 2 aromatic carbocycles. The highest BCUT2D eigenvalue weighted by molar-refractivity contribution is 6.24. The molecule has 0 amide bonds. The molecule has 2 aromatic rings. The Morgan fingerprint density at radius 1 is 0.643 bits per heavy atom. The summed E-state index contributed by atoms with van der Waals surface area (Å²) in [6.45, 7) is 10.8. The van der Waals surface area contributed by atoms with E-state index in [1.54, 1.807) is 62.4 Å². The molecule has 0 N–H and O–H groups in total. The lowest BCUT2D eigenvalue weighted by Gasteiger charge is -2.33. The zero-order valence-corrected chi connectivity index (χ0v) is 24.7. The van der Waals surface area contributed by atoms with Crippen molar-refractivity contribution in [1.29, 1.82) is 0 Å². The molecule has 2 atom stereocenters. The fourth-order valence-electron chi connectivity index (χ4n) is 6.11. The molecule has 2 aliphatic carbocycles. The van der Waals surface area contributed by atoms with Gasteiger partial charge in [0.05, 0.1) is 11.1 Å². The zero-order valence-electron chi connectivity index (χ0n) is 24.7. The minimum atomic E-state index is -1.53. The fraction of sp³-hybridized carbons (Fsp3) is 0.389. The van der Waals surface area contributed by atoms with Gasteiger partial charge in [0.15, 0.2) is 22.8 Å². The van der Waals surface area contributed by atoms with E-state index < -0.39 is 34.7 Å². The summed E-state index contributed by atoms with van der Waals surface area (Å²) >= 11 is 0.